The van der Waals surface area contributed by atoms with Gasteiger partial charge in [0.05, 0.1) is 5.92 Å². The van der Waals surface area contributed by atoms with Gasteiger partial charge in [-0.05, 0) is 18.2 Å². The maximum absolute atomic E-state index is 11.4. The zero-order valence-corrected chi connectivity index (χ0v) is 9.99. The standard InChI is InChI=1S/C11H13ClN2O3/c1-7(10(15)16)6-13-11(17)14-9-4-2-3-8(12)5-9/h2-5,7H,6H2,1H3,(H,15,16)(H2,13,14,17). The summed E-state index contributed by atoms with van der Waals surface area (Å²) in [5.74, 6) is -1.58. The Morgan fingerprint density at radius 3 is 2.76 bits per heavy atom. The van der Waals surface area contributed by atoms with Crippen LogP contribution in [0.25, 0.3) is 0 Å². The molecule has 0 spiro atoms. The minimum atomic E-state index is -0.951. The highest BCUT2D eigenvalue weighted by Crippen LogP contribution is 2.14. The number of carboxylic acid groups (broad SMARTS) is 1. The molecule has 3 N–H and O–H groups in total. The highest BCUT2D eigenvalue weighted by molar-refractivity contribution is 6.30. The van der Waals surface area contributed by atoms with Crippen LogP contribution in [0.15, 0.2) is 24.3 Å². The summed E-state index contributed by atoms with van der Waals surface area (Å²) in [6.45, 7) is 1.59. The Bertz CT molecular complexity index is 423. The molecule has 0 saturated carbocycles. The second kappa shape index (κ2) is 6.10. The highest BCUT2D eigenvalue weighted by atomic mass is 35.5. The topological polar surface area (TPSA) is 78.4 Å². The van der Waals surface area contributed by atoms with E-state index in [4.69, 9.17) is 16.7 Å². The maximum atomic E-state index is 11.4. The Hall–Kier alpha value is -1.75. The molecule has 0 aliphatic rings. The monoisotopic (exact) mass is 256 g/mol. The number of nitrogens with one attached hydrogen (secondary N) is 2. The zero-order chi connectivity index (χ0) is 12.8. The number of aliphatic carboxylic acids is 1. The normalized spacial score (nSPS) is 11.6. The minimum Gasteiger partial charge on any atom is -0.481 e. The molecule has 1 rings (SSSR count). The van der Waals surface area contributed by atoms with E-state index in [1.165, 1.54) is 6.92 Å². The van der Waals surface area contributed by atoms with Crippen molar-refractivity contribution in [2.75, 3.05) is 11.9 Å². The van der Waals surface area contributed by atoms with Gasteiger partial charge in [-0.25, -0.2) is 4.79 Å². The number of carboxylic acids is 1. The van der Waals surface area contributed by atoms with Crippen molar-refractivity contribution in [2.24, 2.45) is 5.92 Å². The lowest BCUT2D eigenvalue weighted by atomic mass is 10.2. The summed E-state index contributed by atoms with van der Waals surface area (Å²) < 4.78 is 0. The maximum Gasteiger partial charge on any atom is 0.319 e. The molecule has 5 nitrogen and oxygen atoms in total. The van der Waals surface area contributed by atoms with Crippen molar-refractivity contribution in [3.8, 4) is 0 Å². The average Bonchev–Trinajstić information content (AvgIpc) is 2.25. The summed E-state index contributed by atoms with van der Waals surface area (Å²) in [4.78, 5) is 21.9. The van der Waals surface area contributed by atoms with Crippen LogP contribution < -0.4 is 10.6 Å². The number of amides is 2. The number of urea groups is 1. The number of hydrogen-bond acceptors (Lipinski definition) is 2. The van der Waals surface area contributed by atoms with Gasteiger partial charge < -0.3 is 15.7 Å². The molecule has 92 valence electrons. The van der Waals surface area contributed by atoms with E-state index in [9.17, 15) is 9.59 Å². The van der Waals surface area contributed by atoms with Crippen molar-refractivity contribution in [1.29, 1.82) is 0 Å². The van der Waals surface area contributed by atoms with Gasteiger partial charge in [0.25, 0.3) is 0 Å². The Morgan fingerprint density at radius 1 is 1.47 bits per heavy atom. The van der Waals surface area contributed by atoms with Gasteiger partial charge in [-0.2, -0.15) is 0 Å². The SMILES string of the molecule is CC(CNC(=O)Nc1cccc(Cl)c1)C(=O)O. The van der Waals surface area contributed by atoms with Crippen LogP contribution in [0.5, 0.6) is 0 Å². The van der Waals surface area contributed by atoms with Crippen molar-refractivity contribution < 1.29 is 14.7 Å². The van der Waals surface area contributed by atoms with Crippen LogP contribution in [0.3, 0.4) is 0 Å². The lowest BCUT2D eigenvalue weighted by Gasteiger charge is -2.09. The summed E-state index contributed by atoms with van der Waals surface area (Å²) >= 11 is 5.75. The molecule has 0 saturated heterocycles. The van der Waals surface area contributed by atoms with Crippen LogP contribution in [0.1, 0.15) is 6.92 Å². The predicted octanol–water partition coefficient (Wildman–Crippen LogP) is 2.18. The largest absolute Gasteiger partial charge is 0.481 e. The number of halogens is 1. The number of rotatable bonds is 4. The van der Waals surface area contributed by atoms with Gasteiger partial charge in [-0.3, -0.25) is 4.79 Å². The van der Waals surface area contributed by atoms with E-state index in [-0.39, 0.29) is 6.54 Å². The van der Waals surface area contributed by atoms with E-state index in [0.29, 0.717) is 10.7 Å². The van der Waals surface area contributed by atoms with E-state index in [2.05, 4.69) is 10.6 Å². The third-order valence-corrected chi connectivity index (χ3v) is 2.31. The lowest BCUT2D eigenvalue weighted by molar-refractivity contribution is -0.140. The van der Waals surface area contributed by atoms with Crippen LogP contribution in [0.2, 0.25) is 5.02 Å². The first-order valence-electron chi connectivity index (χ1n) is 5.02. The minimum absolute atomic E-state index is 0.0712. The first-order valence-corrected chi connectivity index (χ1v) is 5.40. The van der Waals surface area contributed by atoms with Crippen LogP contribution in [0.4, 0.5) is 10.5 Å². The second-order valence-corrected chi connectivity index (χ2v) is 4.02. The van der Waals surface area contributed by atoms with Crippen molar-refractivity contribution in [3.63, 3.8) is 0 Å². The quantitative estimate of drug-likeness (QED) is 0.773. The van der Waals surface area contributed by atoms with Crippen LogP contribution in [-0.2, 0) is 4.79 Å². The summed E-state index contributed by atoms with van der Waals surface area (Å²) in [6, 6.07) is 6.23. The predicted molar refractivity (Wildman–Crippen MR) is 65.3 cm³/mol. The van der Waals surface area contributed by atoms with E-state index in [0.717, 1.165) is 0 Å². The van der Waals surface area contributed by atoms with Gasteiger partial charge in [-0.1, -0.05) is 24.6 Å². The summed E-state index contributed by atoms with van der Waals surface area (Å²) in [6.07, 6.45) is 0. The second-order valence-electron chi connectivity index (χ2n) is 3.58. The molecule has 0 fully saturated rings. The Kier molecular flexibility index (Phi) is 4.78. The Morgan fingerprint density at radius 2 is 2.18 bits per heavy atom. The number of benzene rings is 1. The Balaban J connectivity index is 2.42. The third-order valence-electron chi connectivity index (χ3n) is 2.07. The van der Waals surface area contributed by atoms with Crippen LogP contribution in [0, 0.1) is 5.92 Å². The third kappa shape index (κ3) is 4.74. The summed E-state index contributed by atoms with van der Waals surface area (Å²) in [5, 5.41) is 14.2. The average molecular weight is 257 g/mol. The lowest BCUT2D eigenvalue weighted by Crippen LogP contribution is -2.34. The molecule has 1 aromatic rings. The van der Waals surface area contributed by atoms with Gasteiger partial charge >= 0.3 is 12.0 Å². The molecular formula is C11H13ClN2O3. The highest BCUT2D eigenvalue weighted by Gasteiger charge is 2.11. The van der Waals surface area contributed by atoms with Crippen molar-refractivity contribution >= 4 is 29.3 Å². The molecule has 0 radical (unpaired) electrons. The number of anilines is 1. The molecule has 6 heteroatoms. The first-order chi connectivity index (χ1) is 7.99. The molecule has 2 amide bonds. The molecular weight excluding hydrogens is 244 g/mol. The molecule has 0 aliphatic carbocycles. The summed E-state index contributed by atoms with van der Waals surface area (Å²) in [7, 11) is 0. The fourth-order valence-electron chi connectivity index (χ4n) is 1.07. The molecule has 1 atom stereocenters. The van der Waals surface area contributed by atoms with Gasteiger partial charge in [-0.15, -0.1) is 0 Å². The molecule has 1 unspecified atom stereocenters. The number of carbonyl (C=O) groups is 2. The number of carbonyl (C=O) groups excluding carboxylic acids is 1. The van der Waals surface area contributed by atoms with Gasteiger partial charge in [0.2, 0.25) is 0 Å². The first kappa shape index (κ1) is 13.3. The van der Waals surface area contributed by atoms with E-state index >= 15 is 0 Å². The van der Waals surface area contributed by atoms with Gasteiger partial charge in [0, 0.05) is 17.3 Å². The van der Waals surface area contributed by atoms with E-state index in [1.54, 1.807) is 24.3 Å². The van der Waals surface area contributed by atoms with Crippen molar-refractivity contribution in [1.82, 2.24) is 5.32 Å². The van der Waals surface area contributed by atoms with Gasteiger partial charge in [0.15, 0.2) is 0 Å². The molecule has 0 heterocycles. The fourth-order valence-corrected chi connectivity index (χ4v) is 1.26. The number of hydrogen-bond donors (Lipinski definition) is 3. The van der Waals surface area contributed by atoms with E-state index < -0.39 is 17.9 Å². The van der Waals surface area contributed by atoms with Crippen molar-refractivity contribution in [2.45, 2.75) is 6.92 Å². The molecule has 0 aromatic heterocycles. The van der Waals surface area contributed by atoms with Gasteiger partial charge in [0.1, 0.15) is 0 Å². The van der Waals surface area contributed by atoms with Crippen LogP contribution in [-0.4, -0.2) is 23.7 Å². The molecule has 1 aromatic carbocycles. The Labute approximate surface area is 104 Å². The zero-order valence-electron chi connectivity index (χ0n) is 9.24. The molecule has 0 bridgehead atoms. The van der Waals surface area contributed by atoms with Crippen LogP contribution >= 0.6 is 11.6 Å². The summed E-state index contributed by atoms with van der Waals surface area (Å²) in [5.41, 5.74) is 0.554. The molecule has 0 aliphatic heterocycles. The molecule has 17 heavy (non-hydrogen) atoms. The van der Waals surface area contributed by atoms with E-state index in [1.807, 2.05) is 0 Å². The fraction of sp³-hybridized carbons (Fsp3) is 0.273. The van der Waals surface area contributed by atoms with Crippen molar-refractivity contribution in [3.05, 3.63) is 29.3 Å². The smallest absolute Gasteiger partial charge is 0.319 e.